The fourth-order valence-electron chi connectivity index (χ4n) is 4.21. The number of rotatable bonds is 8. The van der Waals surface area contributed by atoms with Crippen molar-refractivity contribution in [3.63, 3.8) is 0 Å². The van der Waals surface area contributed by atoms with Gasteiger partial charge in [-0.2, -0.15) is 0 Å². The van der Waals surface area contributed by atoms with Gasteiger partial charge in [0, 0.05) is 11.8 Å². The van der Waals surface area contributed by atoms with Gasteiger partial charge in [0.2, 0.25) is 0 Å². The van der Waals surface area contributed by atoms with Gasteiger partial charge in [-0.15, -0.1) is 0 Å². The first kappa shape index (κ1) is 24.3. The van der Waals surface area contributed by atoms with Crippen LogP contribution in [-0.2, 0) is 14.8 Å². The second-order valence-corrected chi connectivity index (χ2v) is 10.1. The molecule has 4 rings (SSSR count). The van der Waals surface area contributed by atoms with Gasteiger partial charge >= 0.3 is 0 Å². The van der Waals surface area contributed by atoms with E-state index < -0.39 is 10.0 Å². The van der Waals surface area contributed by atoms with E-state index >= 15 is 0 Å². The second kappa shape index (κ2) is 10.2. The predicted octanol–water partition coefficient (Wildman–Crippen LogP) is 5.83. The van der Waals surface area contributed by atoms with Gasteiger partial charge in [0.05, 0.1) is 22.9 Å². The second-order valence-electron chi connectivity index (χ2n) is 8.42. The lowest BCUT2D eigenvalue weighted by Crippen LogP contribution is -2.28. The van der Waals surface area contributed by atoms with Gasteiger partial charge in [-0.3, -0.25) is 4.72 Å². The molecule has 0 aromatic heterocycles. The van der Waals surface area contributed by atoms with E-state index in [1.165, 1.54) is 0 Å². The van der Waals surface area contributed by atoms with Crippen LogP contribution >= 0.6 is 0 Å². The summed E-state index contributed by atoms with van der Waals surface area (Å²) in [7, 11) is -3.81. The van der Waals surface area contributed by atoms with Crippen LogP contribution in [-0.4, -0.2) is 15.0 Å². The lowest BCUT2D eigenvalue weighted by Gasteiger charge is -2.14. The van der Waals surface area contributed by atoms with Crippen molar-refractivity contribution in [3.8, 4) is 11.1 Å². The van der Waals surface area contributed by atoms with Gasteiger partial charge in [0.25, 0.3) is 10.0 Å². The maximum atomic E-state index is 13.4. The summed E-state index contributed by atoms with van der Waals surface area (Å²) in [5.41, 5.74) is 3.51. The molecule has 5 heteroatoms. The highest BCUT2D eigenvalue weighted by Crippen LogP contribution is 2.25. The molecule has 0 unspecified atom stereocenters. The van der Waals surface area contributed by atoms with Gasteiger partial charge in [-0.05, 0) is 59.0 Å². The lowest BCUT2D eigenvalue weighted by molar-refractivity contribution is 0.227. The maximum Gasteiger partial charge on any atom is 0.261 e. The third-order valence-electron chi connectivity index (χ3n) is 5.94. The Balaban J connectivity index is 1.76. The van der Waals surface area contributed by atoms with Crippen LogP contribution in [0.4, 0.5) is 5.69 Å². The number of hydrogen-bond acceptors (Lipinski definition) is 3. The number of benzene rings is 4. The summed E-state index contributed by atoms with van der Waals surface area (Å²) >= 11 is 0. The van der Waals surface area contributed by atoms with Crippen LogP contribution in [0.25, 0.3) is 34.1 Å². The Kier molecular flexibility index (Phi) is 7.08. The zero-order chi connectivity index (χ0) is 25.0. The monoisotopic (exact) mass is 483 g/mol. The van der Waals surface area contributed by atoms with Crippen molar-refractivity contribution in [2.24, 2.45) is 0 Å². The fraction of sp³-hybridized carbons (Fsp3) is 0.133. The third kappa shape index (κ3) is 5.31. The first-order valence-electron chi connectivity index (χ1n) is 11.5. The van der Waals surface area contributed by atoms with E-state index in [2.05, 4.69) is 17.9 Å². The standard InChI is InChI=1S/C30H29NO3S/c1-5-34-22(3)19-21(2)29-20-30(28-14-10-9-13-27(28)23(29)4)31-35(32,33)26-17-15-25(16-18-26)24-11-7-6-8-12-24/h6-18,20,31H,3-5,19H2,1-2H3. The molecule has 1 N–H and O–H groups in total. The summed E-state index contributed by atoms with van der Waals surface area (Å²) in [6.45, 7) is 12.7. The number of allylic oxidation sites excluding steroid dienone is 1. The predicted molar refractivity (Wildman–Crippen MR) is 146 cm³/mol. The fourth-order valence-corrected chi connectivity index (χ4v) is 5.28. The molecule has 0 radical (unpaired) electrons. The van der Waals surface area contributed by atoms with Gasteiger partial charge < -0.3 is 4.74 Å². The molecule has 0 saturated heterocycles. The van der Waals surface area contributed by atoms with E-state index in [0.717, 1.165) is 37.9 Å². The quantitative estimate of drug-likeness (QED) is 0.321. The van der Waals surface area contributed by atoms with Gasteiger partial charge in [0.15, 0.2) is 0 Å². The van der Waals surface area contributed by atoms with E-state index in [9.17, 15) is 8.42 Å². The summed E-state index contributed by atoms with van der Waals surface area (Å²) in [5.74, 6) is 0.665. The molecule has 0 saturated carbocycles. The van der Waals surface area contributed by atoms with Crippen molar-refractivity contribution in [3.05, 3.63) is 108 Å². The van der Waals surface area contributed by atoms with Crippen LogP contribution in [0.5, 0.6) is 0 Å². The third-order valence-corrected chi connectivity index (χ3v) is 7.32. The van der Waals surface area contributed by atoms with Crippen molar-refractivity contribution in [1.82, 2.24) is 0 Å². The molecule has 0 aliphatic heterocycles. The molecule has 0 heterocycles. The summed E-state index contributed by atoms with van der Waals surface area (Å²) in [6, 6.07) is 26.3. The first-order valence-corrected chi connectivity index (χ1v) is 13.0. The van der Waals surface area contributed by atoms with Crippen LogP contribution in [0.3, 0.4) is 0 Å². The van der Waals surface area contributed by atoms with Crippen molar-refractivity contribution >= 4 is 38.6 Å². The molecule has 0 fully saturated rings. The van der Waals surface area contributed by atoms with Crippen LogP contribution < -0.4 is 15.2 Å². The topological polar surface area (TPSA) is 55.4 Å². The van der Waals surface area contributed by atoms with Crippen LogP contribution in [0.15, 0.2) is 102 Å². The normalized spacial score (nSPS) is 12.3. The highest BCUT2D eigenvalue weighted by Gasteiger charge is 2.17. The van der Waals surface area contributed by atoms with E-state index in [0.29, 0.717) is 24.5 Å². The van der Waals surface area contributed by atoms with Gasteiger partial charge in [0.1, 0.15) is 0 Å². The maximum absolute atomic E-state index is 13.4. The SMILES string of the molecule is C=C(CC(C)=c1cc(NS(=O)(=O)c2ccc(-c3ccccc3)cc2)c2ccccc2c1=C)OCC. The highest BCUT2D eigenvalue weighted by molar-refractivity contribution is 7.92. The first-order chi connectivity index (χ1) is 16.8. The Morgan fingerprint density at radius 2 is 1.49 bits per heavy atom. The molecule has 0 spiro atoms. The Morgan fingerprint density at radius 3 is 2.14 bits per heavy atom. The summed E-state index contributed by atoms with van der Waals surface area (Å²) in [6.07, 6.45) is 0.543. The molecule has 0 amide bonds. The number of sulfonamides is 1. The minimum atomic E-state index is -3.81. The molecule has 4 aromatic carbocycles. The summed E-state index contributed by atoms with van der Waals surface area (Å²) < 4.78 is 35.0. The number of ether oxygens (including phenoxy) is 1. The summed E-state index contributed by atoms with van der Waals surface area (Å²) in [5, 5.41) is 3.41. The zero-order valence-electron chi connectivity index (χ0n) is 20.0. The number of fused-ring (bicyclic) bond motifs is 1. The highest BCUT2D eigenvalue weighted by atomic mass is 32.2. The van der Waals surface area contributed by atoms with Gasteiger partial charge in [-0.25, -0.2) is 8.42 Å². The van der Waals surface area contributed by atoms with Crippen molar-refractivity contribution in [2.75, 3.05) is 11.3 Å². The molecule has 0 atom stereocenters. The Hall–Kier alpha value is -3.83. The number of hydrogen-bond donors (Lipinski definition) is 1. The smallest absolute Gasteiger partial charge is 0.261 e. The molecular formula is C30H29NO3S. The molecule has 0 aliphatic rings. The minimum Gasteiger partial charge on any atom is -0.499 e. The van der Waals surface area contributed by atoms with Crippen molar-refractivity contribution in [1.29, 1.82) is 0 Å². The molecule has 178 valence electrons. The van der Waals surface area contributed by atoms with Gasteiger partial charge in [-0.1, -0.05) is 85.5 Å². The van der Waals surface area contributed by atoms with E-state index in [1.54, 1.807) is 12.1 Å². The van der Waals surface area contributed by atoms with E-state index in [1.807, 2.05) is 86.6 Å². The number of nitrogens with one attached hydrogen (secondary N) is 1. The Morgan fingerprint density at radius 1 is 0.886 bits per heavy atom. The lowest BCUT2D eigenvalue weighted by atomic mass is 10.0. The number of anilines is 1. The average Bonchev–Trinajstić information content (AvgIpc) is 2.86. The molecule has 0 aliphatic carbocycles. The molecular weight excluding hydrogens is 454 g/mol. The van der Waals surface area contributed by atoms with E-state index in [4.69, 9.17) is 4.74 Å². The molecule has 4 nitrogen and oxygen atoms in total. The van der Waals surface area contributed by atoms with Crippen LogP contribution in [0.2, 0.25) is 0 Å². The molecule has 35 heavy (non-hydrogen) atoms. The largest absolute Gasteiger partial charge is 0.499 e. The van der Waals surface area contributed by atoms with Crippen LogP contribution in [0, 0.1) is 0 Å². The molecule has 4 aromatic rings. The van der Waals surface area contributed by atoms with Crippen LogP contribution in [0.1, 0.15) is 20.3 Å². The minimum absolute atomic E-state index is 0.201. The van der Waals surface area contributed by atoms with Crippen molar-refractivity contribution < 1.29 is 13.2 Å². The van der Waals surface area contributed by atoms with Crippen molar-refractivity contribution in [2.45, 2.75) is 25.2 Å². The summed E-state index contributed by atoms with van der Waals surface area (Å²) in [4.78, 5) is 0.201. The van der Waals surface area contributed by atoms with E-state index in [-0.39, 0.29) is 4.90 Å². The molecule has 0 bridgehead atoms. The average molecular weight is 484 g/mol. The zero-order valence-corrected chi connectivity index (χ0v) is 20.9. The Labute approximate surface area is 207 Å². The Bertz CT molecular complexity index is 1590.